The Hall–Kier alpha value is -2.57. The van der Waals surface area contributed by atoms with Gasteiger partial charge in [-0.25, -0.2) is 4.68 Å². The fourth-order valence-electron chi connectivity index (χ4n) is 3.94. The Balaban J connectivity index is 1.77. The van der Waals surface area contributed by atoms with Crippen LogP contribution in [0.1, 0.15) is 44.7 Å². The van der Waals surface area contributed by atoms with E-state index in [1.54, 1.807) is 6.07 Å². The van der Waals surface area contributed by atoms with Crippen LogP contribution in [0.5, 0.6) is 0 Å². The minimum Gasteiger partial charge on any atom is -0.460 e. The molecule has 0 bridgehead atoms. The standard InChI is InChI=1S/C19H24N4O3/c1-4-17-20-22(11-18(24)21-8-6-5-7-12(21)2)19(25)15-10-16-14(23(15)17)9-13(3)26-16/h9-10,12H,4-8,11H2,1-3H3. The highest BCUT2D eigenvalue weighted by atomic mass is 16.3. The van der Waals surface area contributed by atoms with Gasteiger partial charge in [-0.15, -0.1) is 0 Å². The summed E-state index contributed by atoms with van der Waals surface area (Å²) in [5.74, 6) is 1.50. The maximum atomic E-state index is 12.9. The molecule has 0 radical (unpaired) electrons. The normalized spacial score (nSPS) is 18.1. The van der Waals surface area contributed by atoms with E-state index in [0.29, 0.717) is 17.5 Å². The average Bonchev–Trinajstić information content (AvgIpc) is 3.14. The molecule has 3 aromatic rings. The van der Waals surface area contributed by atoms with E-state index < -0.39 is 0 Å². The number of carbonyl (C=O) groups is 1. The molecule has 0 spiro atoms. The number of nitrogens with zero attached hydrogens (tertiary/aromatic N) is 4. The third-order valence-corrected chi connectivity index (χ3v) is 5.29. The molecule has 1 saturated heterocycles. The molecule has 1 atom stereocenters. The lowest BCUT2D eigenvalue weighted by molar-refractivity contribution is -0.135. The lowest BCUT2D eigenvalue weighted by Crippen LogP contribution is -2.45. The number of furan rings is 1. The van der Waals surface area contributed by atoms with Gasteiger partial charge < -0.3 is 9.32 Å². The van der Waals surface area contributed by atoms with Gasteiger partial charge in [0.25, 0.3) is 5.56 Å². The number of fused-ring (bicyclic) bond motifs is 3. The number of hydrogen-bond donors (Lipinski definition) is 0. The minimum atomic E-state index is -0.260. The fourth-order valence-corrected chi connectivity index (χ4v) is 3.94. The third-order valence-electron chi connectivity index (χ3n) is 5.29. The largest absolute Gasteiger partial charge is 0.460 e. The zero-order chi connectivity index (χ0) is 18.4. The first-order chi connectivity index (χ1) is 12.5. The van der Waals surface area contributed by atoms with Crippen LogP contribution in [0.3, 0.4) is 0 Å². The first kappa shape index (κ1) is 16.9. The van der Waals surface area contributed by atoms with Crippen molar-refractivity contribution in [3.8, 4) is 0 Å². The van der Waals surface area contributed by atoms with Crippen molar-refractivity contribution in [2.24, 2.45) is 0 Å². The number of likely N-dealkylation sites (tertiary alicyclic amines) is 1. The predicted molar refractivity (Wildman–Crippen MR) is 98.4 cm³/mol. The van der Waals surface area contributed by atoms with Crippen LogP contribution in [0.15, 0.2) is 21.3 Å². The van der Waals surface area contributed by atoms with Gasteiger partial charge in [0.15, 0.2) is 5.58 Å². The highest BCUT2D eigenvalue weighted by Crippen LogP contribution is 2.23. The average molecular weight is 356 g/mol. The molecule has 0 aliphatic carbocycles. The van der Waals surface area contributed by atoms with Gasteiger partial charge in [0.1, 0.15) is 23.6 Å². The number of carbonyl (C=O) groups excluding carboxylic acids is 1. The van der Waals surface area contributed by atoms with E-state index in [9.17, 15) is 9.59 Å². The summed E-state index contributed by atoms with van der Waals surface area (Å²) in [6, 6.07) is 3.88. The fraction of sp³-hybridized carbons (Fsp3) is 0.526. The van der Waals surface area contributed by atoms with Crippen LogP contribution < -0.4 is 5.56 Å². The molecule has 7 nitrogen and oxygen atoms in total. The summed E-state index contributed by atoms with van der Waals surface area (Å²) in [7, 11) is 0. The lowest BCUT2D eigenvalue weighted by Gasteiger charge is -2.33. The molecule has 138 valence electrons. The second-order valence-corrected chi connectivity index (χ2v) is 7.14. The van der Waals surface area contributed by atoms with E-state index in [4.69, 9.17) is 4.42 Å². The molecule has 1 amide bonds. The van der Waals surface area contributed by atoms with Crippen molar-refractivity contribution < 1.29 is 9.21 Å². The van der Waals surface area contributed by atoms with Crippen molar-refractivity contribution in [3.05, 3.63) is 34.1 Å². The molecule has 26 heavy (non-hydrogen) atoms. The van der Waals surface area contributed by atoms with Gasteiger partial charge in [-0.1, -0.05) is 6.92 Å². The number of piperidine rings is 1. The van der Waals surface area contributed by atoms with Gasteiger partial charge in [0.2, 0.25) is 5.91 Å². The van der Waals surface area contributed by atoms with Crippen LogP contribution in [0.2, 0.25) is 0 Å². The van der Waals surface area contributed by atoms with Crippen LogP contribution >= 0.6 is 0 Å². The number of rotatable bonds is 3. The molecule has 0 aromatic carbocycles. The molecule has 1 aliphatic rings. The summed E-state index contributed by atoms with van der Waals surface area (Å²) >= 11 is 0. The van der Waals surface area contributed by atoms with Gasteiger partial charge in [-0.2, -0.15) is 5.10 Å². The van der Waals surface area contributed by atoms with Crippen LogP contribution in [0, 0.1) is 6.92 Å². The van der Waals surface area contributed by atoms with Crippen LogP contribution in [0.25, 0.3) is 16.6 Å². The van der Waals surface area contributed by atoms with Crippen molar-refractivity contribution >= 4 is 22.5 Å². The minimum absolute atomic E-state index is 0.0156. The van der Waals surface area contributed by atoms with Gasteiger partial charge >= 0.3 is 0 Å². The van der Waals surface area contributed by atoms with Gasteiger partial charge in [0, 0.05) is 31.1 Å². The van der Waals surface area contributed by atoms with Crippen LogP contribution in [-0.4, -0.2) is 37.6 Å². The van der Waals surface area contributed by atoms with Crippen molar-refractivity contribution in [3.63, 3.8) is 0 Å². The number of aromatic nitrogens is 3. The Labute approximate surface area is 151 Å². The maximum absolute atomic E-state index is 12.9. The summed E-state index contributed by atoms with van der Waals surface area (Å²) in [6.45, 7) is 6.68. The summed E-state index contributed by atoms with van der Waals surface area (Å²) in [4.78, 5) is 27.5. The third kappa shape index (κ3) is 2.62. The highest BCUT2D eigenvalue weighted by Gasteiger charge is 2.25. The van der Waals surface area contributed by atoms with E-state index in [0.717, 1.165) is 42.9 Å². The molecule has 3 aromatic heterocycles. The molecule has 4 rings (SSSR count). The predicted octanol–water partition coefficient (Wildman–Crippen LogP) is 2.51. The Morgan fingerprint density at radius 3 is 2.85 bits per heavy atom. The monoisotopic (exact) mass is 356 g/mol. The van der Waals surface area contributed by atoms with Crippen molar-refractivity contribution in [1.29, 1.82) is 0 Å². The number of amides is 1. The van der Waals surface area contributed by atoms with E-state index in [2.05, 4.69) is 12.0 Å². The first-order valence-electron chi connectivity index (χ1n) is 9.30. The van der Waals surface area contributed by atoms with E-state index in [1.165, 1.54) is 4.68 Å². The smallest absolute Gasteiger partial charge is 0.291 e. The molecule has 1 aliphatic heterocycles. The van der Waals surface area contributed by atoms with E-state index in [1.807, 2.05) is 29.2 Å². The molecule has 1 unspecified atom stereocenters. The molecule has 7 heteroatoms. The zero-order valence-corrected chi connectivity index (χ0v) is 15.5. The zero-order valence-electron chi connectivity index (χ0n) is 15.5. The van der Waals surface area contributed by atoms with Crippen LogP contribution in [-0.2, 0) is 17.8 Å². The van der Waals surface area contributed by atoms with E-state index >= 15 is 0 Å². The molecule has 0 N–H and O–H groups in total. The summed E-state index contributed by atoms with van der Waals surface area (Å²) in [5, 5.41) is 4.49. The van der Waals surface area contributed by atoms with E-state index in [-0.39, 0.29) is 24.1 Å². The van der Waals surface area contributed by atoms with Crippen molar-refractivity contribution in [1.82, 2.24) is 19.1 Å². The Morgan fingerprint density at radius 2 is 2.12 bits per heavy atom. The van der Waals surface area contributed by atoms with Gasteiger partial charge in [0.05, 0.1) is 5.52 Å². The Kier molecular flexibility index (Phi) is 4.09. The SMILES string of the molecule is CCc1nn(CC(=O)N2CCCCC2C)c(=O)c2cc3oc(C)cc3n12. The van der Waals surface area contributed by atoms with Crippen LogP contribution in [0.4, 0.5) is 0 Å². The first-order valence-corrected chi connectivity index (χ1v) is 9.30. The molecule has 4 heterocycles. The van der Waals surface area contributed by atoms with Crippen molar-refractivity contribution in [2.45, 2.75) is 59.0 Å². The van der Waals surface area contributed by atoms with Gasteiger partial charge in [-0.3, -0.25) is 14.0 Å². The lowest BCUT2D eigenvalue weighted by atomic mass is 10.0. The second kappa shape index (κ2) is 6.30. The molecular formula is C19H24N4O3. The number of hydrogen-bond acceptors (Lipinski definition) is 4. The highest BCUT2D eigenvalue weighted by molar-refractivity contribution is 5.83. The summed E-state index contributed by atoms with van der Waals surface area (Å²) in [6.07, 6.45) is 3.84. The Bertz CT molecular complexity index is 1040. The quantitative estimate of drug-likeness (QED) is 0.723. The second-order valence-electron chi connectivity index (χ2n) is 7.14. The topological polar surface area (TPSA) is 72.8 Å². The molecule has 1 fully saturated rings. The summed E-state index contributed by atoms with van der Waals surface area (Å²) < 4.78 is 8.82. The number of aryl methyl sites for hydroxylation is 2. The maximum Gasteiger partial charge on any atom is 0.291 e. The molecule has 0 saturated carbocycles. The summed E-state index contributed by atoms with van der Waals surface area (Å²) in [5.41, 5.74) is 1.77. The van der Waals surface area contributed by atoms with Crippen molar-refractivity contribution in [2.75, 3.05) is 6.54 Å². The Morgan fingerprint density at radius 1 is 1.31 bits per heavy atom. The van der Waals surface area contributed by atoms with Gasteiger partial charge in [-0.05, 0) is 33.1 Å². The molecular weight excluding hydrogens is 332 g/mol.